The smallest absolute Gasteiger partial charge is 0.416 e. The number of benzene rings is 2. The van der Waals surface area contributed by atoms with Crippen LogP contribution in [0.3, 0.4) is 0 Å². The summed E-state index contributed by atoms with van der Waals surface area (Å²) < 4.78 is 122. The Hall–Kier alpha value is -3.29. The molecule has 1 heterocycles. The van der Waals surface area contributed by atoms with E-state index in [0.29, 0.717) is 24.2 Å². The minimum absolute atomic E-state index is 0.00652. The molecule has 0 spiro atoms. The molecule has 4 rings (SSSR count). The van der Waals surface area contributed by atoms with Gasteiger partial charge in [-0.05, 0) is 110 Å². The highest BCUT2D eigenvalue weighted by molar-refractivity contribution is 5.82. The van der Waals surface area contributed by atoms with Gasteiger partial charge in [-0.15, -0.1) is 0 Å². The highest BCUT2D eigenvalue weighted by Crippen LogP contribution is 2.43. The Morgan fingerprint density at radius 1 is 0.870 bits per heavy atom. The number of carbonyl (C=O) groups is 2. The lowest BCUT2D eigenvalue weighted by Gasteiger charge is -2.29. The largest absolute Gasteiger partial charge is 0.481 e. The summed E-state index contributed by atoms with van der Waals surface area (Å²) in [5.41, 5.74) is -3.74. The Kier molecular flexibility index (Phi) is 10.4. The maximum atomic E-state index is 13.7. The van der Waals surface area contributed by atoms with Crippen molar-refractivity contribution < 1.29 is 54.2 Å². The van der Waals surface area contributed by atoms with Crippen molar-refractivity contribution in [2.24, 2.45) is 23.7 Å². The summed E-state index contributed by atoms with van der Waals surface area (Å²) >= 11 is 0. The molecule has 2 aromatic carbocycles. The molecule has 2 unspecified atom stereocenters. The molecule has 0 radical (unpaired) electrons. The van der Waals surface area contributed by atoms with Crippen molar-refractivity contribution in [2.75, 3.05) is 6.54 Å². The van der Waals surface area contributed by atoms with Gasteiger partial charge in [0, 0.05) is 18.4 Å². The van der Waals surface area contributed by atoms with E-state index in [-0.39, 0.29) is 36.3 Å². The van der Waals surface area contributed by atoms with Crippen LogP contribution in [0.15, 0.2) is 36.4 Å². The van der Waals surface area contributed by atoms with Gasteiger partial charge >= 0.3 is 24.5 Å². The van der Waals surface area contributed by atoms with Crippen LogP contribution in [0, 0.1) is 23.7 Å². The van der Waals surface area contributed by atoms with Crippen LogP contribution in [0.2, 0.25) is 0 Å². The van der Waals surface area contributed by atoms with Crippen molar-refractivity contribution in [3.63, 3.8) is 0 Å². The molecule has 4 atom stereocenters. The van der Waals surface area contributed by atoms with E-state index in [1.165, 1.54) is 13.0 Å². The van der Waals surface area contributed by atoms with E-state index >= 15 is 0 Å². The van der Waals surface area contributed by atoms with E-state index < -0.39 is 76.6 Å². The van der Waals surface area contributed by atoms with Gasteiger partial charge in [-0.1, -0.05) is 13.0 Å². The van der Waals surface area contributed by atoms with E-state index in [1.54, 1.807) is 6.92 Å². The number of alkyl halides is 9. The molecule has 3 N–H and O–H groups in total. The number of carboxylic acid groups (broad SMARTS) is 1. The molecule has 1 saturated heterocycles. The van der Waals surface area contributed by atoms with Crippen molar-refractivity contribution in [3.8, 4) is 0 Å². The van der Waals surface area contributed by atoms with Crippen molar-refractivity contribution >= 4 is 11.9 Å². The first kappa shape index (κ1) is 35.6. The maximum Gasteiger partial charge on any atom is 0.416 e. The maximum absolute atomic E-state index is 13.7. The number of carboxylic acids is 1. The average Bonchev–Trinajstić information content (AvgIpc) is 3.23. The van der Waals surface area contributed by atoms with E-state index in [4.69, 9.17) is 5.11 Å². The topological polar surface area (TPSA) is 78.4 Å². The third-order valence-corrected chi connectivity index (χ3v) is 9.28. The number of nitrogens with one attached hydrogen (secondary N) is 2. The zero-order valence-corrected chi connectivity index (χ0v) is 25.0. The molecule has 1 aliphatic heterocycles. The summed E-state index contributed by atoms with van der Waals surface area (Å²) in [6, 6.07) is 2.58. The summed E-state index contributed by atoms with van der Waals surface area (Å²) in [5.74, 6) is -3.09. The van der Waals surface area contributed by atoms with Crippen LogP contribution in [0.1, 0.15) is 91.4 Å². The van der Waals surface area contributed by atoms with Crippen molar-refractivity contribution in [3.05, 3.63) is 69.8 Å². The van der Waals surface area contributed by atoms with E-state index in [1.807, 2.05) is 0 Å². The zero-order valence-electron chi connectivity index (χ0n) is 25.0. The van der Waals surface area contributed by atoms with Gasteiger partial charge in [0.05, 0.1) is 22.7 Å². The van der Waals surface area contributed by atoms with Crippen LogP contribution in [0.25, 0.3) is 0 Å². The first-order valence-electron chi connectivity index (χ1n) is 15.0. The fourth-order valence-corrected chi connectivity index (χ4v) is 6.65. The van der Waals surface area contributed by atoms with Gasteiger partial charge in [-0.25, -0.2) is 0 Å². The lowest BCUT2D eigenvalue weighted by Crippen LogP contribution is -2.30. The molecule has 254 valence electrons. The molecule has 2 fully saturated rings. The van der Waals surface area contributed by atoms with Crippen LogP contribution in [-0.2, 0) is 34.5 Å². The molecule has 1 saturated carbocycles. The molecular formula is C32H35F9N2O3. The SMILES string of the molecule is CC(NCC1CCC(CC(=O)O)CC1)c1ccc(C(F)(F)F)cc1CC1C(=O)N[C@@H](c2cc(C(F)(F)F)cc(C(F)(F)F)c2)[C@H]1C. The number of halogens is 9. The summed E-state index contributed by atoms with van der Waals surface area (Å²) in [5, 5.41) is 14.8. The van der Waals surface area contributed by atoms with Gasteiger partial charge in [-0.2, -0.15) is 39.5 Å². The highest BCUT2D eigenvalue weighted by Gasteiger charge is 2.44. The van der Waals surface area contributed by atoms with Crippen molar-refractivity contribution in [2.45, 2.75) is 83.0 Å². The van der Waals surface area contributed by atoms with Gasteiger partial charge in [0.2, 0.25) is 5.91 Å². The van der Waals surface area contributed by atoms with Crippen LogP contribution in [-0.4, -0.2) is 23.5 Å². The Balaban J connectivity index is 1.56. The molecule has 5 nitrogen and oxygen atoms in total. The third-order valence-electron chi connectivity index (χ3n) is 9.28. The lowest BCUT2D eigenvalue weighted by molar-refractivity contribution is -0.143. The Morgan fingerprint density at radius 3 is 1.93 bits per heavy atom. The van der Waals surface area contributed by atoms with Gasteiger partial charge in [0.15, 0.2) is 0 Å². The normalized spacial score (nSPS) is 24.9. The standard InChI is InChI=1S/C32H35F9N2O3/c1-16-26(29(46)43-28(16)21-11-23(31(36,37)38)14-24(12-21)32(39,40)41)13-20-10-22(30(33,34)35)7-8-25(20)17(2)42-15-19-5-3-18(4-6-19)9-27(44)45/h7-8,10-12,14,16-19,26,28,42H,3-6,9,13,15H2,1-2H3,(H,43,46)(H,44,45)/t16-,17?,18?,19?,26?,28+/m0/s1. The van der Waals surface area contributed by atoms with E-state index in [9.17, 15) is 49.1 Å². The zero-order chi connectivity index (χ0) is 34.2. The van der Waals surface area contributed by atoms with Crippen LogP contribution in [0.4, 0.5) is 39.5 Å². The average molecular weight is 667 g/mol. The predicted molar refractivity (Wildman–Crippen MR) is 149 cm³/mol. The van der Waals surface area contributed by atoms with Crippen molar-refractivity contribution in [1.82, 2.24) is 10.6 Å². The van der Waals surface area contributed by atoms with Gasteiger partial charge in [-0.3, -0.25) is 9.59 Å². The second-order valence-electron chi connectivity index (χ2n) is 12.5. The number of rotatable bonds is 9. The Bertz CT molecular complexity index is 1380. The summed E-state index contributed by atoms with van der Waals surface area (Å²) in [6.07, 6.45) is -11.9. The van der Waals surface area contributed by atoms with E-state index in [2.05, 4.69) is 10.6 Å². The molecule has 0 aromatic heterocycles. The monoisotopic (exact) mass is 666 g/mol. The molecule has 2 aliphatic rings. The summed E-state index contributed by atoms with van der Waals surface area (Å²) in [7, 11) is 0. The fourth-order valence-electron chi connectivity index (χ4n) is 6.65. The second-order valence-corrected chi connectivity index (χ2v) is 12.5. The second kappa shape index (κ2) is 13.4. The molecule has 1 amide bonds. The Labute approximate surface area is 259 Å². The number of hydrogen-bond donors (Lipinski definition) is 3. The summed E-state index contributed by atoms with van der Waals surface area (Å²) in [4.78, 5) is 24.1. The molecule has 14 heteroatoms. The molecule has 0 bridgehead atoms. The quantitative estimate of drug-likeness (QED) is 0.235. The van der Waals surface area contributed by atoms with Crippen molar-refractivity contribution in [1.29, 1.82) is 0 Å². The molecule has 1 aliphatic carbocycles. The number of hydrogen-bond acceptors (Lipinski definition) is 3. The van der Waals surface area contributed by atoms with Gasteiger partial charge in [0.1, 0.15) is 0 Å². The van der Waals surface area contributed by atoms with Gasteiger partial charge < -0.3 is 15.7 Å². The number of carbonyl (C=O) groups excluding carboxylic acids is 1. The number of aliphatic carboxylic acids is 1. The molecule has 2 aromatic rings. The van der Waals surface area contributed by atoms with Crippen LogP contribution >= 0.6 is 0 Å². The lowest BCUT2D eigenvalue weighted by atomic mass is 9.80. The van der Waals surface area contributed by atoms with Crippen LogP contribution < -0.4 is 10.6 Å². The third kappa shape index (κ3) is 8.54. The first-order valence-corrected chi connectivity index (χ1v) is 15.0. The molecule has 46 heavy (non-hydrogen) atoms. The number of amides is 1. The molecular weight excluding hydrogens is 631 g/mol. The first-order chi connectivity index (χ1) is 21.2. The minimum atomic E-state index is -5.09. The highest BCUT2D eigenvalue weighted by atomic mass is 19.4. The van der Waals surface area contributed by atoms with Crippen LogP contribution in [0.5, 0.6) is 0 Å². The minimum Gasteiger partial charge on any atom is -0.481 e. The fraction of sp³-hybridized carbons (Fsp3) is 0.562. The predicted octanol–water partition coefficient (Wildman–Crippen LogP) is 8.34. The van der Waals surface area contributed by atoms with E-state index in [0.717, 1.165) is 37.8 Å². The van der Waals surface area contributed by atoms with Gasteiger partial charge in [0.25, 0.3) is 0 Å². The summed E-state index contributed by atoms with van der Waals surface area (Å²) in [6.45, 7) is 3.75. The Morgan fingerprint density at radius 2 is 1.41 bits per heavy atom.